The Bertz CT molecular complexity index is 654. The Balaban J connectivity index is 2.58. The summed E-state index contributed by atoms with van der Waals surface area (Å²) in [4.78, 5) is 26.2. The average molecular weight is 259 g/mol. The minimum atomic E-state index is -0.606. The summed E-state index contributed by atoms with van der Waals surface area (Å²) in [6, 6.07) is 7.47. The van der Waals surface area contributed by atoms with Crippen LogP contribution in [0.25, 0.3) is 16.5 Å². The molecule has 2 rings (SSSR count). The predicted molar refractivity (Wildman–Crippen MR) is 70.3 cm³/mol. The smallest absolute Gasteiger partial charge is 0.338 e. The van der Waals surface area contributed by atoms with Crippen LogP contribution in [0.4, 0.5) is 0 Å². The third kappa shape index (κ3) is 2.49. The van der Waals surface area contributed by atoms with Crippen molar-refractivity contribution in [1.82, 2.24) is 4.98 Å². The lowest BCUT2D eigenvalue weighted by atomic mass is 10.0. The molecule has 5 heteroatoms. The van der Waals surface area contributed by atoms with Crippen molar-refractivity contribution in [2.75, 3.05) is 14.2 Å². The van der Waals surface area contributed by atoms with Gasteiger partial charge in [0, 0.05) is 28.7 Å². The van der Waals surface area contributed by atoms with Gasteiger partial charge >= 0.3 is 11.9 Å². The molecule has 0 unspecified atom stereocenters. The first-order valence-electron chi connectivity index (χ1n) is 5.62. The highest BCUT2D eigenvalue weighted by Crippen LogP contribution is 2.25. The van der Waals surface area contributed by atoms with Crippen molar-refractivity contribution in [1.29, 1.82) is 0 Å². The molecule has 0 fully saturated rings. The van der Waals surface area contributed by atoms with Crippen molar-refractivity contribution in [2.45, 2.75) is 0 Å². The third-order valence-corrected chi connectivity index (χ3v) is 2.75. The number of fused-ring (bicyclic) bond motifs is 1. The highest BCUT2D eigenvalue weighted by atomic mass is 16.5. The molecule has 0 aliphatic heterocycles. The number of rotatable bonds is 3. The first-order chi connectivity index (χ1) is 9.17. The molecule has 98 valence electrons. The summed E-state index contributed by atoms with van der Waals surface area (Å²) in [7, 11) is 2.52. The van der Waals surface area contributed by atoms with Crippen LogP contribution in [0, 0.1) is 0 Å². The number of carbonyl (C=O) groups is 2. The van der Waals surface area contributed by atoms with Gasteiger partial charge in [-0.05, 0) is 6.07 Å². The molecule has 1 aromatic carbocycles. The lowest BCUT2D eigenvalue weighted by Crippen LogP contribution is -2.07. The Morgan fingerprint density at radius 2 is 1.89 bits per heavy atom. The van der Waals surface area contributed by atoms with Gasteiger partial charge in [0.05, 0.1) is 19.8 Å². The van der Waals surface area contributed by atoms with Crippen LogP contribution in [0.1, 0.15) is 5.56 Å². The van der Waals surface area contributed by atoms with Crippen LogP contribution in [-0.4, -0.2) is 31.1 Å². The number of para-hydroxylation sites is 1. The summed E-state index contributed by atoms with van der Waals surface area (Å²) in [5.41, 5.74) is 1.64. The van der Waals surface area contributed by atoms with Crippen LogP contribution in [-0.2, 0) is 19.1 Å². The van der Waals surface area contributed by atoms with Crippen molar-refractivity contribution >= 4 is 28.4 Å². The second-order valence-electron chi connectivity index (χ2n) is 3.82. The van der Waals surface area contributed by atoms with Crippen LogP contribution in [0.2, 0.25) is 0 Å². The fourth-order valence-electron chi connectivity index (χ4n) is 1.83. The van der Waals surface area contributed by atoms with Crippen LogP contribution < -0.4 is 0 Å². The molecule has 1 heterocycles. The Morgan fingerprint density at radius 1 is 1.16 bits per heavy atom. The van der Waals surface area contributed by atoms with Crippen LogP contribution in [0.5, 0.6) is 0 Å². The summed E-state index contributed by atoms with van der Waals surface area (Å²) in [6.07, 6.45) is 2.79. The second-order valence-corrected chi connectivity index (χ2v) is 3.82. The van der Waals surface area contributed by atoms with Gasteiger partial charge in [0.25, 0.3) is 0 Å². The van der Waals surface area contributed by atoms with E-state index >= 15 is 0 Å². The number of methoxy groups -OCH3 is 2. The van der Waals surface area contributed by atoms with Crippen molar-refractivity contribution < 1.29 is 19.1 Å². The van der Waals surface area contributed by atoms with Gasteiger partial charge in [-0.2, -0.15) is 0 Å². The van der Waals surface area contributed by atoms with E-state index in [-0.39, 0.29) is 5.57 Å². The van der Waals surface area contributed by atoms with E-state index in [0.717, 1.165) is 17.0 Å². The van der Waals surface area contributed by atoms with Gasteiger partial charge < -0.3 is 14.5 Å². The quantitative estimate of drug-likeness (QED) is 0.675. The fraction of sp³-hybridized carbons (Fsp3) is 0.143. The number of hydrogen-bond acceptors (Lipinski definition) is 4. The number of carbonyl (C=O) groups excluding carboxylic acids is 2. The molecule has 0 saturated carbocycles. The van der Waals surface area contributed by atoms with Crippen molar-refractivity contribution in [2.24, 2.45) is 0 Å². The second kappa shape index (κ2) is 5.39. The SMILES string of the molecule is COC(=O)C=C(C(=O)OC)c1c[nH]c2ccccc12. The number of nitrogens with one attached hydrogen (secondary N) is 1. The highest BCUT2D eigenvalue weighted by molar-refractivity contribution is 6.23. The molecule has 19 heavy (non-hydrogen) atoms. The number of aromatic nitrogens is 1. The topological polar surface area (TPSA) is 68.4 Å². The summed E-state index contributed by atoms with van der Waals surface area (Å²) < 4.78 is 9.25. The summed E-state index contributed by atoms with van der Waals surface area (Å²) >= 11 is 0. The summed E-state index contributed by atoms with van der Waals surface area (Å²) in [6.45, 7) is 0. The Hall–Kier alpha value is -2.56. The van der Waals surface area contributed by atoms with Gasteiger partial charge in [-0.25, -0.2) is 9.59 Å². The van der Waals surface area contributed by atoms with Crippen molar-refractivity contribution in [3.8, 4) is 0 Å². The number of H-pyrrole nitrogens is 1. The minimum Gasteiger partial charge on any atom is -0.466 e. The molecule has 1 N–H and O–H groups in total. The molecule has 0 bridgehead atoms. The van der Waals surface area contributed by atoms with Crippen LogP contribution in [0.3, 0.4) is 0 Å². The van der Waals surface area contributed by atoms with Crippen molar-refractivity contribution in [3.63, 3.8) is 0 Å². The first kappa shape index (κ1) is 12.9. The van der Waals surface area contributed by atoms with E-state index in [1.807, 2.05) is 24.3 Å². The number of benzene rings is 1. The van der Waals surface area contributed by atoms with Crippen molar-refractivity contribution in [3.05, 3.63) is 42.1 Å². The van der Waals surface area contributed by atoms with E-state index in [9.17, 15) is 9.59 Å². The molecule has 0 saturated heterocycles. The molecule has 0 radical (unpaired) electrons. The molecule has 5 nitrogen and oxygen atoms in total. The van der Waals surface area contributed by atoms with E-state index in [1.54, 1.807) is 6.20 Å². The fourth-order valence-corrected chi connectivity index (χ4v) is 1.83. The summed E-state index contributed by atoms with van der Waals surface area (Å²) in [5, 5.41) is 0.836. The van der Waals surface area contributed by atoms with E-state index in [4.69, 9.17) is 4.74 Å². The minimum absolute atomic E-state index is 0.159. The van der Waals surface area contributed by atoms with E-state index < -0.39 is 11.9 Å². The van der Waals surface area contributed by atoms with E-state index in [1.165, 1.54) is 14.2 Å². The number of hydrogen-bond donors (Lipinski definition) is 1. The maximum atomic E-state index is 11.8. The molecule has 0 spiro atoms. The van der Waals surface area contributed by atoms with Crippen LogP contribution >= 0.6 is 0 Å². The number of aromatic amines is 1. The van der Waals surface area contributed by atoms with Gasteiger partial charge in [0.1, 0.15) is 0 Å². The number of ether oxygens (including phenoxy) is 2. The first-order valence-corrected chi connectivity index (χ1v) is 5.62. The lowest BCUT2D eigenvalue weighted by molar-refractivity contribution is -0.136. The maximum Gasteiger partial charge on any atom is 0.338 e. The van der Waals surface area contributed by atoms with Gasteiger partial charge in [-0.15, -0.1) is 0 Å². The van der Waals surface area contributed by atoms with Crippen LogP contribution in [0.15, 0.2) is 36.5 Å². The van der Waals surface area contributed by atoms with Gasteiger partial charge in [0.15, 0.2) is 0 Å². The maximum absolute atomic E-state index is 11.8. The largest absolute Gasteiger partial charge is 0.466 e. The Kier molecular flexibility index (Phi) is 3.66. The zero-order valence-electron chi connectivity index (χ0n) is 10.6. The predicted octanol–water partition coefficient (Wildman–Crippen LogP) is 1.90. The molecule has 0 aliphatic rings. The zero-order valence-corrected chi connectivity index (χ0v) is 10.6. The molecule has 0 atom stereocenters. The average Bonchev–Trinajstić information content (AvgIpc) is 2.87. The molecule has 1 aromatic heterocycles. The molecular weight excluding hydrogens is 246 g/mol. The Labute approximate surface area is 109 Å². The highest BCUT2D eigenvalue weighted by Gasteiger charge is 2.18. The Morgan fingerprint density at radius 3 is 2.58 bits per heavy atom. The molecular formula is C14H13NO4. The monoisotopic (exact) mass is 259 g/mol. The number of esters is 2. The van der Waals surface area contributed by atoms with E-state index in [2.05, 4.69) is 9.72 Å². The lowest BCUT2D eigenvalue weighted by Gasteiger charge is -2.04. The molecule has 0 aliphatic carbocycles. The summed E-state index contributed by atoms with van der Waals surface area (Å²) in [5.74, 6) is -1.19. The van der Waals surface area contributed by atoms with Gasteiger partial charge in [0.2, 0.25) is 0 Å². The molecule has 0 amide bonds. The van der Waals surface area contributed by atoms with Gasteiger partial charge in [-0.3, -0.25) is 0 Å². The van der Waals surface area contributed by atoms with Gasteiger partial charge in [-0.1, -0.05) is 18.2 Å². The third-order valence-electron chi connectivity index (χ3n) is 2.75. The van der Waals surface area contributed by atoms with E-state index in [0.29, 0.717) is 5.56 Å². The molecule has 2 aromatic rings. The zero-order chi connectivity index (χ0) is 13.8. The normalized spacial score (nSPS) is 11.4. The standard InChI is InChI=1S/C14H13NO4/c1-18-13(16)7-10(14(17)19-2)11-8-15-12-6-4-3-5-9(11)12/h3-8,15H,1-2H3.